The lowest BCUT2D eigenvalue weighted by molar-refractivity contribution is -0.120. The van der Waals surface area contributed by atoms with Crippen LogP contribution in [0.2, 0.25) is 0 Å². The molecule has 3 N–H and O–H groups in total. The lowest BCUT2D eigenvalue weighted by atomic mass is 9.71. The maximum absolute atomic E-state index is 13.8. The number of anilines is 2. The molecule has 2 atom stereocenters. The van der Waals surface area contributed by atoms with Gasteiger partial charge in [-0.1, -0.05) is 38.1 Å². The number of rotatable bonds is 6. The van der Waals surface area contributed by atoms with Gasteiger partial charge in [0.1, 0.15) is 5.82 Å². The maximum Gasteiger partial charge on any atom is 0.239 e. The number of allylic oxidation sites excluding steroid dienone is 3. The second-order valence-electron chi connectivity index (χ2n) is 12.2. The van der Waals surface area contributed by atoms with E-state index in [1.165, 1.54) is 12.1 Å². The SMILES string of the molecule is CC1(C)CC(=O)C2=C(C1)Nc1ccccc1N(CC(=O)NCCc1c[nH]c3ccc(F)cc13)C2C1CC=CCC1. The molecule has 7 heteroatoms. The molecule has 6 nitrogen and oxygen atoms in total. The number of hydrogen-bond acceptors (Lipinski definition) is 4. The Balaban J connectivity index is 1.28. The lowest BCUT2D eigenvalue weighted by Gasteiger charge is -2.41. The van der Waals surface area contributed by atoms with Crippen molar-refractivity contribution in [2.24, 2.45) is 11.3 Å². The van der Waals surface area contributed by atoms with E-state index in [2.05, 4.69) is 52.6 Å². The van der Waals surface area contributed by atoms with Crippen molar-refractivity contribution in [3.63, 3.8) is 0 Å². The summed E-state index contributed by atoms with van der Waals surface area (Å²) in [5, 5.41) is 7.57. The van der Waals surface area contributed by atoms with Crippen molar-refractivity contribution in [1.29, 1.82) is 0 Å². The Bertz CT molecular complexity index is 1520. The van der Waals surface area contributed by atoms with E-state index in [1.54, 1.807) is 6.07 Å². The van der Waals surface area contributed by atoms with Crippen LogP contribution in [0.3, 0.4) is 0 Å². The van der Waals surface area contributed by atoms with E-state index in [1.807, 2.05) is 24.4 Å². The predicted octanol–water partition coefficient (Wildman–Crippen LogP) is 6.27. The number of H-pyrrole nitrogens is 1. The summed E-state index contributed by atoms with van der Waals surface area (Å²) in [6, 6.07) is 12.6. The molecule has 2 unspecified atom stereocenters. The highest BCUT2D eigenvalue weighted by Gasteiger charge is 2.43. The number of fused-ring (bicyclic) bond motifs is 2. The van der Waals surface area contributed by atoms with Gasteiger partial charge < -0.3 is 20.5 Å². The number of nitrogens with one attached hydrogen (secondary N) is 3. The number of hydrogen-bond donors (Lipinski definition) is 3. The Hall–Kier alpha value is -3.87. The minimum Gasteiger partial charge on any atom is -0.361 e. The Morgan fingerprint density at radius 3 is 2.83 bits per heavy atom. The predicted molar refractivity (Wildman–Crippen MR) is 158 cm³/mol. The second kappa shape index (κ2) is 10.6. The molecule has 2 aliphatic carbocycles. The minimum atomic E-state index is -0.274. The highest BCUT2D eigenvalue weighted by molar-refractivity contribution is 6.01. The maximum atomic E-state index is 13.8. The molecule has 3 aliphatic rings. The first-order chi connectivity index (χ1) is 19.3. The number of aromatic amines is 1. The molecule has 40 heavy (non-hydrogen) atoms. The smallest absolute Gasteiger partial charge is 0.239 e. The number of aromatic nitrogens is 1. The Labute approximate surface area is 234 Å². The first kappa shape index (κ1) is 26.4. The van der Waals surface area contributed by atoms with E-state index in [-0.39, 0.29) is 41.4 Å². The van der Waals surface area contributed by atoms with Gasteiger partial charge in [-0.3, -0.25) is 9.59 Å². The van der Waals surface area contributed by atoms with Gasteiger partial charge in [-0.15, -0.1) is 0 Å². The second-order valence-corrected chi connectivity index (χ2v) is 12.2. The van der Waals surface area contributed by atoms with Gasteiger partial charge in [0.25, 0.3) is 0 Å². The number of benzene rings is 2. The molecule has 0 bridgehead atoms. The number of Topliss-reactive ketones (excluding diaryl/α,β-unsaturated/α-hetero) is 1. The number of ketones is 1. The van der Waals surface area contributed by atoms with Crippen molar-refractivity contribution < 1.29 is 14.0 Å². The summed E-state index contributed by atoms with van der Waals surface area (Å²) < 4.78 is 13.8. The fourth-order valence-corrected chi connectivity index (χ4v) is 6.77. The quantitative estimate of drug-likeness (QED) is 0.322. The summed E-state index contributed by atoms with van der Waals surface area (Å²) in [6.07, 6.45) is 11.1. The summed E-state index contributed by atoms with van der Waals surface area (Å²) in [5.41, 5.74) is 5.47. The van der Waals surface area contributed by atoms with Crippen molar-refractivity contribution in [2.75, 3.05) is 23.3 Å². The van der Waals surface area contributed by atoms with Gasteiger partial charge in [-0.25, -0.2) is 4.39 Å². The third-order valence-corrected chi connectivity index (χ3v) is 8.57. The van der Waals surface area contributed by atoms with Gasteiger partial charge in [0.15, 0.2) is 5.78 Å². The fraction of sp³-hybridized carbons (Fsp3) is 0.394. The van der Waals surface area contributed by atoms with Gasteiger partial charge >= 0.3 is 0 Å². The summed E-state index contributed by atoms with van der Waals surface area (Å²) in [6.45, 7) is 4.89. The van der Waals surface area contributed by atoms with Crippen molar-refractivity contribution in [2.45, 2.75) is 58.4 Å². The summed E-state index contributed by atoms with van der Waals surface area (Å²) in [5.74, 6) is 0.0543. The van der Waals surface area contributed by atoms with Crippen molar-refractivity contribution in [1.82, 2.24) is 10.3 Å². The van der Waals surface area contributed by atoms with Crippen molar-refractivity contribution in [3.8, 4) is 0 Å². The molecule has 1 aliphatic heterocycles. The Morgan fingerprint density at radius 2 is 2.00 bits per heavy atom. The molecule has 0 spiro atoms. The summed E-state index contributed by atoms with van der Waals surface area (Å²) in [7, 11) is 0. The number of nitrogens with zero attached hydrogens (tertiary/aromatic N) is 1. The molecule has 0 fully saturated rings. The van der Waals surface area contributed by atoms with Crippen LogP contribution in [0.1, 0.15) is 51.5 Å². The number of para-hydroxylation sites is 2. The molecule has 0 radical (unpaired) electrons. The number of amides is 1. The molecule has 0 saturated heterocycles. The molecule has 2 heterocycles. The van der Waals surface area contributed by atoms with Gasteiger partial charge in [-0.2, -0.15) is 0 Å². The molecule has 1 amide bonds. The molecular formula is C33H37FN4O2. The number of carbonyl (C=O) groups excluding carboxylic acids is 2. The van der Waals surface area contributed by atoms with Crippen LogP contribution in [-0.4, -0.2) is 35.8 Å². The van der Waals surface area contributed by atoms with E-state index < -0.39 is 0 Å². The third-order valence-electron chi connectivity index (χ3n) is 8.57. The molecular weight excluding hydrogens is 503 g/mol. The zero-order chi connectivity index (χ0) is 27.9. The number of carbonyl (C=O) groups is 2. The van der Waals surface area contributed by atoms with Crippen molar-refractivity contribution >= 4 is 34.0 Å². The highest BCUT2D eigenvalue weighted by atomic mass is 19.1. The van der Waals surface area contributed by atoms with Crippen LogP contribution in [0.4, 0.5) is 15.8 Å². The summed E-state index contributed by atoms with van der Waals surface area (Å²) >= 11 is 0. The molecule has 1 aromatic heterocycles. The largest absolute Gasteiger partial charge is 0.361 e. The van der Waals surface area contributed by atoms with Gasteiger partial charge in [0.05, 0.1) is 24.0 Å². The molecule has 3 aromatic rings. The lowest BCUT2D eigenvalue weighted by Crippen LogP contribution is -2.50. The Morgan fingerprint density at radius 1 is 1.15 bits per heavy atom. The number of halogens is 1. The Kier molecular flexibility index (Phi) is 6.99. The molecule has 2 aromatic carbocycles. The molecule has 0 saturated carbocycles. The molecule has 6 rings (SSSR count). The van der Waals surface area contributed by atoms with Crippen LogP contribution in [0.15, 0.2) is 72.1 Å². The van der Waals surface area contributed by atoms with E-state index in [4.69, 9.17) is 0 Å². The zero-order valence-electron chi connectivity index (χ0n) is 23.2. The first-order valence-electron chi connectivity index (χ1n) is 14.4. The standard InChI is InChI=1S/C33H37FN4O2/c1-33(2)17-27-31(29(39)18-33)32(21-8-4-3-5-9-21)38(28-11-7-6-10-26(28)37-27)20-30(40)35-15-14-22-19-36-25-13-12-23(34)16-24(22)25/h3-4,6-7,10-13,16,19,21,32,36-37H,5,8-9,14-15,17-18,20H2,1-2H3,(H,35,40). The fourth-order valence-electron chi connectivity index (χ4n) is 6.77. The van der Waals surface area contributed by atoms with E-state index in [9.17, 15) is 14.0 Å². The zero-order valence-corrected chi connectivity index (χ0v) is 23.2. The van der Waals surface area contributed by atoms with Crippen molar-refractivity contribution in [3.05, 3.63) is 83.5 Å². The average molecular weight is 541 g/mol. The molecule has 208 valence electrons. The van der Waals surface area contributed by atoms with Crippen LogP contribution in [0.5, 0.6) is 0 Å². The van der Waals surface area contributed by atoms with E-state index >= 15 is 0 Å². The normalized spacial score (nSPS) is 22.0. The highest BCUT2D eigenvalue weighted by Crippen LogP contribution is 2.46. The van der Waals surface area contributed by atoms with Gasteiger partial charge in [0, 0.05) is 41.3 Å². The van der Waals surface area contributed by atoms with E-state index in [0.717, 1.165) is 64.8 Å². The monoisotopic (exact) mass is 540 g/mol. The minimum absolute atomic E-state index is 0.0928. The van der Waals surface area contributed by atoms with Crippen LogP contribution in [0.25, 0.3) is 10.9 Å². The van der Waals surface area contributed by atoms with Crippen LogP contribution in [-0.2, 0) is 16.0 Å². The third kappa shape index (κ3) is 5.17. The van der Waals surface area contributed by atoms with Gasteiger partial charge in [0.2, 0.25) is 5.91 Å². The van der Waals surface area contributed by atoms with Gasteiger partial charge in [-0.05, 0) is 79.3 Å². The first-order valence-corrected chi connectivity index (χ1v) is 14.4. The topological polar surface area (TPSA) is 77.2 Å². The van der Waals surface area contributed by atoms with Crippen LogP contribution in [0, 0.1) is 17.2 Å². The van der Waals surface area contributed by atoms with E-state index in [0.29, 0.717) is 19.4 Å². The van der Waals surface area contributed by atoms with Crippen LogP contribution < -0.4 is 15.5 Å². The average Bonchev–Trinajstić information content (AvgIpc) is 3.25. The van der Waals surface area contributed by atoms with Crippen LogP contribution >= 0.6 is 0 Å². The summed E-state index contributed by atoms with van der Waals surface area (Å²) in [4.78, 5) is 32.6.